The van der Waals surface area contributed by atoms with Gasteiger partial charge in [0.2, 0.25) is 0 Å². The fourth-order valence-corrected chi connectivity index (χ4v) is 3.85. The number of aromatic nitrogens is 1. The van der Waals surface area contributed by atoms with Crippen LogP contribution in [-0.4, -0.2) is 28.1 Å². The van der Waals surface area contributed by atoms with Crippen LogP contribution in [0.25, 0.3) is 0 Å². The monoisotopic (exact) mass is 302 g/mol. The van der Waals surface area contributed by atoms with Gasteiger partial charge >= 0.3 is 0 Å². The number of thiazole rings is 1. The van der Waals surface area contributed by atoms with Crippen LogP contribution in [0, 0.1) is 12.8 Å². The molecule has 3 nitrogen and oxygen atoms in total. The molecule has 2 aromatic rings. The number of hydrogen-bond acceptors (Lipinski definition) is 4. The summed E-state index contributed by atoms with van der Waals surface area (Å²) in [6.45, 7) is 5.21. The Hall–Kier alpha value is -1.23. The number of piperidine rings is 1. The van der Waals surface area contributed by atoms with Gasteiger partial charge in [0.05, 0.1) is 17.3 Å². The first-order valence-electron chi connectivity index (χ1n) is 7.58. The maximum Gasteiger partial charge on any atom is 0.0819 e. The summed E-state index contributed by atoms with van der Waals surface area (Å²) in [4.78, 5) is 8.17. The molecule has 1 aromatic heterocycles. The smallest absolute Gasteiger partial charge is 0.0819 e. The third kappa shape index (κ3) is 3.51. The first-order valence-corrected chi connectivity index (χ1v) is 8.46. The largest absolute Gasteiger partial charge is 0.388 e. The standard InChI is InChI=1S/C17H22N2OS/c1-13-16(21-12-18-13)11-19-9-7-15(8-10-19)17(20)14-5-3-2-4-6-14/h2-6,12,15,17,20H,7-11H2,1H3. The lowest BCUT2D eigenvalue weighted by Gasteiger charge is -2.34. The Balaban J connectivity index is 1.54. The van der Waals surface area contributed by atoms with E-state index in [1.54, 1.807) is 11.3 Å². The van der Waals surface area contributed by atoms with Crippen molar-refractivity contribution in [1.29, 1.82) is 0 Å². The molecule has 0 spiro atoms. The van der Waals surface area contributed by atoms with Crippen molar-refractivity contribution in [1.82, 2.24) is 9.88 Å². The van der Waals surface area contributed by atoms with E-state index in [1.807, 2.05) is 35.8 Å². The molecule has 21 heavy (non-hydrogen) atoms. The van der Waals surface area contributed by atoms with E-state index in [9.17, 15) is 5.11 Å². The van der Waals surface area contributed by atoms with E-state index in [2.05, 4.69) is 16.8 Å². The predicted octanol–water partition coefficient (Wildman–Crippen LogP) is 3.40. The summed E-state index contributed by atoms with van der Waals surface area (Å²) in [6, 6.07) is 10.0. The first-order chi connectivity index (χ1) is 10.2. The van der Waals surface area contributed by atoms with Crippen molar-refractivity contribution in [3.05, 3.63) is 52.0 Å². The topological polar surface area (TPSA) is 36.4 Å². The van der Waals surface area contributed by atoms with Crippen LogP contribution < -0.4 is 0 Å². The van der Waals surface area contributed by atoms with Crippen LogP contribution in [0.4, 0.5) is 0 Å². The number of rotatable bonds is 4. The number of aryl methyl sites for hydroxylation is 1. The van der Waals surface area contributed by atoms with Gasteiger partial charge < -0.3 is 5.11 Å². The van der Waals surface area contributed by atoms with Gasteiger partial charge in [0.25, 0.3) is 0 Å². The van der Waals surface area contributed by atoms with Crippen LogP contribution in [0.5, 0.6) is 0 Å². The van der Waals surface area contributed by atoms with Crippen LogP contribution in [0.15, 0.2) is 35.8 Å². The molecule has 1 N–H and O–H groups in total. The second-order valence-electron chi connectivity index (χ2n) is 5.83. The number of aliphatic hydroxyl groups excluding tert-OH is 1. The molecule has 0 amide bonds. The van der Waals surface area contributed by atoms with Crippen LogP contribution in [-0.2, 0) is 6.54 Å². The maximum atomic E-state index is 10.5. The highest BCUT2D eigenvalue weighted by Gasteiger charge is 2.26. The minimum atomic E-state index is -0.321. The van der Waals surface area contributed by atoms with Gasteiger partial charge in [-0.3, -0.25) is 4.90 Å². The Kier molecular flexibility index (Phi) is 4.68. The van der Waals surface area contributed by atoms with E-state index in [1.165, 1.54) is 4.88 Å². The van der Waals surface area contributed by atoms with Gasteiger partial charge in [-0.15, -0.1) is 11.3 Å². The van der Waals surface area contributed by atoms with E-state index >= 15 is 0 Å². The van der Waals surface area contributed by atoms with E-state index in [4.69, 9.17) is 0 Å². The van der Waals surface area contributed by atoms with Gasteiger partial charge in [-0.1, -0.05) is 30.3 Å². The van der Waals surface area contributed by atoms with Crippen molar-refractivity contribution < 1.29 is 5.11 Å². The molecule has 1 aliphatic rings. The van der Waals surface area contributed by atoms with Crippen molar-refractivity contribution in [3.63, 3.8) is 0 Å². The summed E-state index contributed by atoms with van der Waals surface area (Å²) < 4.78 is 0. The summed E-state index contributed by atoms with van der Waals surface area (Å²) in [5.74, 6) is 0.381. The Morgan fingerprint density at radius 1 is 1.29 bits per heavy atom. The van der Waals surface area contributed by atoms with Crippen molar-refractivity contribution in [3.8, 4) is 0 Å². The molecule has 2 heterocycles. The van der Waals surface area contributed by atoms with Gasteiger partial charge in [0.1, 0.15) is 0 Å². The van der Waals surface area contributed by atoms with Crippen LogP contribution >= 0.6 is 11.3 Å². The van der Waals surface area contributed by atoms with Gasteiger partial charge in [-0.25, -0.2) is 4.98 Å². The number of aliphatic hydroxyl groups is 1. The van der Waals surface area contributed by atoms with Crippen LogP contribution in [0.2, 0.25) is 0 Å². The second kappa shape index (κ2) is 6.69. The SMILES string of the molecule is Cc1ncsc1CN1CCC(C(O)c2ccccc2)CC1. The summed E-state index contributed by atoms with van der Waals surface area (Å²) in [5, 5.41) is 10.5. The molecule has 0 radical (unpaired) electrons. The molecule has 1 fully saturated rings. The molecule has 0 bridgehead atoms. The molecular formula is C17H22N2OS. The van der Waals surface area contributed by atoms with Gasteiger partial charge in [0.15, 0.2) is 0 Å². The minimum absolute atomic E-state index is 0.321. The lowest BCUT2D eigenvalue weighted by Crippen LogP contribution is -2.35. The molecule has 0 saturated carbocycles. The van der Waals surface area contributed by atoms with Crippen molar-refractivity contribution in [2.24, 2.45) is 5.92 Å². The van der Waals surface area contributed by atoms with Gasteiger partial charge in [-0.2, -0.15) is 0 Å². The highest BCUT2D eigenvalue weighted by molar-refractivity contribution is 7.09. The molecule has 112 valence electrons. The Bertz CT molecular complexity index is 561. The molecule has 1 aliphatic heterocycles. The number of nitrogens with zero attached hydrogens (tertiary/aromatic N) is 2. The average molecular weight is 302 g/mol. The van der Waals surface area contributed by atoms with Crippen molar-refractivity contribution in [2.75, 3.05) is 13.1 Å². The quantitative estimate of drug-likeness (QED) is 0.940. The molecule has 4 heteroatoms. The zero-order valence-electron chi connectivity index (χ0n) is 12.4. The molecule has 1 atom stereocenters. The summed E-state index contributed by atoms with van der Waals surface area (Å²) in [6.07, 6.45) is 1.81. The molecule has 1 saturated heterocycles. The molecule has 1 aromatic carbocycles. The first kappa shape index (κ1) is 14.7. The third-order valence-corrected chi connectivity index (χ3v) is 5.35. The fourth-order valence-electron chi connectivity index (χ4n) is 3.03. The van der Waals surface area contributed by atoms with Gasteiger partial charge in [0, 0.05) is 11.4 Å². The van der Waals surface area contributed by atoms with Crippen LogP contribution in [0.3, 0.4) is 0 Å². The fraction of sp³-hybridized carbons (Fsp3) is 0.471. The molecule has 3 rings (SSSR count). The molecule has 0 aliphatic carbocycles. The van der Waals surface area contributed by atoms with Gasteiger partial charge in [-0.05, 0) is 44.3 Å². The lowest BCUT2D eigenvalue weighted by atomic mass is 9.87. The summed E-state index contributed by atoms with van der Waals surface area (Å²) in [7, 11) is 0. The number of hydrogen-bond donors (Lipinski definition) is 1. The van der Waals surface area contributed by atoms with Crippen molar-refractivity contribution >= 4 is 11.3 Å². The lowest BCUT2D eigenvalue weighted by molar-refractivity contribution is 0.0570. The number of benzene rings is 1. The second-order valence-corrected chi connectivity index (χ2v) is 6.77. The summed E-state index contributed by atoms with van der Waals surface area (Å²) >= 11 is 1.74. The Labute approximate surface area is 130 Å². The van der Waals surface area contributed by atoms with Crippen molar-refractivity contribution in [2.45, 2.75) is 32.4 Å². The van der Waals surface area contributed by atoms with E-state index in [0.29, 0.717) is 5.92 Å². The summed E-state index contributed by atoms with van der Waals surface area (Å²) in [5.41, 5.74) is 4.14. The average Bonchev–Trinajstić information content (AvgIpc) is 2.93. The van der Waals surface area contributed by atoms with Crippen LogP contribution in [0.1, 0.15) is 35.1 Å². The Morgan fingerprint density at radius 2 is 2.00 bits per heavy atom. The molecule has 1 unspecified atom stereocenters. The highest BCUT2D eigenvalue weighted by Crippen LogP contribution is 2.31. The maximum absolute atomic E-state index is 10.5. The minimum Gasteiger partial charge on any atom is -0.388 e. The van der Waals surface area contributed by atoms with E-state index in [-0.39, 0.29) is 6.10 Å². The Morgan fingerprint density at radius 3 is 2.62 bits per heavy atom. The third-order valence-electron chi connectivity index (χ3n) is 4.43. The number of likely N-dealkylation sites (tertiary alicyclic amines) is 1. The zero-order valence-corrected chi connectivity index (χ0v) is 13.2. The van der Waals surface area contributed by atoms with E-state index in [0.717, 1.165) is 43.7 Å². The zero-order chi connectivity index (χ0) is 14.7. The molecular weight excluding hydrogens is 280 g/mol. The van der Waals surface area contributed by atoms with E-state index < -0.39 is 0 Å². The predicted molar refractivity (Wildman–Crippen MR) is 86.3 cm³/mol. The normalized spacial score (nSPS) is 18.8. The highest BCUT2D eigenvalue weighted by atomic mass is 32.1.